The van der Waals surface area contributed by atoms with Gasteiger partial charge in [0.25, 0.3) is 5.91 Å². The van der Waals surface area contributed by atoms with Crippen molar-refractivity contribution in [2.24, 2.45) is 5.41 Å². The Morgan fingerprint density at radius 1 is 1.18 bits per heavy atom. The van der Waals surface area contributed by atoms with Crippen LogP contribution in [-0.2, 0) is 19.1 Å². The third-order valence-electron chi connectivity index (χ3n) is 7.85. The zero-order chi connectivity index (χ0) is 28.6. The largest absolute Gasteiger partial charge is 0.377 e. The van der Waals surface area contributed by atoms with Crippen LogP contribution < -0.4 is 10.2 Å². The van der Waals surface area contributed by atoms with Gasteiger partial charge in [-0.25, -0.2) is 4.98 Å². The molecule has 0 spiro atoms. The number of aromatic nitrogens is 1. The van der Waals surface area contributed by atoms with Crippen molar-refractivity contribution in [3.8, 4) is 11.3 Å². The van der Waals surface area contributed by atoms with Gasteiger partial charge in [0.2, 0.25) is 5.91 Å². The van der Waals surface area contributed by atoms with Crippen LogP contribution in [0.4, 0.5) is 5.13 Å². The molecule has 3 saturated heterocycles. The number of amides is 2. The summed E-state index contributed by atoms with van der Waals surface area (Å²) in [6.07, 6.45) is -0.423. The van der Waals surface area contributed by atoms with E-state index in [0.29, 0.717) is 12.0 Å². The van der Waals surface area contributed by atoms with Crippen molar-refractivity contribution in [3.63, 3.8) is 0 Å². The van der Waals surface area contributed by atoms with Crippen molar-refractivity contribution in [1.29, 1.82) is 0 Å². The van der Waals surface area contributed by atoms with Crippen LogP contribution in [-0.4, -0.2) is 110 Å². The number of rotatable bonds is 7. The van der Waals surface area contributed by atoms with Crippen LogP contribution in [0.3, 0.4) is 0 Å². The summed E-state index contributed by atoms with van der Waals surface area (Å²) >= 11 is 1.63. The fourth-order valence-electron chi connectivity index (χ4n) is 5.63. The standard InChI is InChI=1S/C29H39N5O5S/c1-29(2,3)14-20(27(37)34-15-23(38-5)25-24(34)22(35)16-39-25)30-26(36)19-8-6-18(7-9-19)21-17-40-28(31-21)33-12-10-32(4)11-13-33/h6-9,17,20,23-25H,10-16H2,1-5H3,(H,30,36)/t20-,23-,24+,25+/m0/s1. The quantitative estimate of drug-likeness (QED) is 0.542. The molecule has 1 aromatic heterocycles. The number of nitrogens with one attached hydrogen (secondary N) is 1. The first-order chi connectivity index (χ1) is 19.0. The number of likely N-dealkylation sites (N-methyl/N-ethyl adjacent to an activating group) is 1. The summed E-state index contributed by atoms with van der Waals surface area (Å²) in [5.41, 5.74) is 2.04. The molecular formula is C29H39N5O5S. The molecule has 1 aromatic carbocycles. The predicted octanol–water partition coefficient (Wildman–Crippen LogP) is 2.29. The SMILES string of the molecule is CO[C@H]1CN(C(=O)[C@H](CC(C)(C)C)NC(=O)c2ccc(-c3csc(N4CCN(C)CC4)n3)cc2)[C@@H]2C(=O)CO[C@H]12. The molecule has 0 saturated carbocycles. The monoisotopic (exact) mass is 569 g/mol. The zero-order valence-corrected chi connectivity index (χ0v) is 24.7. The highest BCUT2D eigenvalue weighted by Crippen LogP contribution is 2.32. The molecule has 0 bridgehead atoms. The number of carbonyl (C=O) groups excluding carboxylic acids is 3. The maximum Gasteiger partial charge on any atom is 0.251 e. The second-order valence-electron chi connectivity index (χ2n) is 12.1. The van der Waals surface area contributed by atoms with Crippen molar-refractivity contribution < 1.29 is 23.9 Å². The molecule has 216 valence electrons. The molecule has 0 aliphatic carbocycles. The van der Waals surface area contributed by atoms with Gasteiger partial charge in [0, 0.05) is 49.8 Å². The van der Waals surface area contributed by atoms with E-state index in [1.807, 2.05) is 38.3 Å². The zero-order valence-electron chi connectivity index (χ0n) is 23.9. The third-order valence-corrected chi connectivity index (χ3v) is 8.75. The maximum absolute atomic E-state index is 13.8. The summed E-state index contributed by atoms with van der Waals surface area (Å²) in [5, 5.41) is 6.02. The molecule has 3 fully saturated rings. The number of benzene rings is 1. The van der Waals surface area contributed by atoms with E-state index in [0.717, 1.165) is 42.6 Å². The molecule has 40 heavy (non-hydrogen) atoms. The van der Waals surface area contributed by atoms with Crippen molar-refractivity contribution in [1.82, 2.24) is 20.1 Å². The van der Waals surface area contributed by atoms with E-state index >= 15 is 0 Å². The first kappa shape index (κ1) is 28.7. The maximum atomic E-state index is 13.8. The van der Waals surface area contributed by atoms with Crippen molar-refractivity contribution in [3.05, 3.63) is 35.2 Å². The van der Waals surface area contributed by atoms with E-state index in [-0.39, 0.29) is 42.3 Å². The second-order valence-corrected chi connectivity index (χ2v) is 13.0. The highest BCUT2D eigenvalue weighted by atomic mass is 32.1. The Labute approximate surface area is 239 Å². The molecule has 3 aliphatic heterocycles. The molecule has 0 radical (unpaired) electrons. The molecule has 1 N–H and O–H groups in total. The molecular weight excluding hydrogens is 530 g/mol. The number of methoxy groups -OCH3 is 1. The van der Waals surface area contributed by atoms with Gasteiger partial charge in [-0.3, -0.25) is 14.4 Å². The number of carbonyl (C=O) groups is 3. The minimum absolute atomic E-state index is 0.0303. The molecule has 4 atom stereocenters. The Morgan fingerprint density at radius 2 is 1.88 bits per heavy atom. The van der Waals surface area contributed by atoms with Crippen LogP contribution in [0.1, 0.15) is 37.6 Å². The number of anilines is 1. The highest BCUT2D eigenvalue weighted by Gasteiger charge is 2.53. The number of hydrogen-bond donors (Lipinski definition) is 1. The van der Waals surface area contributed by atoms with Gasteiger partial charge in [0.1, 0.15) is 30.9 Å². The number of nitrogens with zero attached hydrogens (tertiary/aromatic N) is 4. The number of Topliss-reactive ketones (excluding diaryl/α,β-unsaturated/α-hetero) is 1. The fraction of sp³-hybridized carbons (Fsp3) is 0.586. The molecule has 2 amide bonds. The van der Waals surface area contributed by atoms with Crippen LogP contribution in [0.25, 0.3) is 11.3 Å². The molecule has 10 nitrogen and oxygen atoms in total. The van der Waals surface area contributed by atoms with Gasteiger partial charge in [0.15, 0.2) is 10.9 Å². The van der Waals surface area contributed by atoms with E-state index in [1.165, 1.54) is 4.90 Å². The van der Waals surface area contributed by atoms with Crippen molar-refractivity contribution in [2.45, 2.75) is 51.5 Å². The molecule has 2 aromatic rings. The van der Waals surface area contributed by atoms with E-state index in [9.17, 15) is 14.4 Å². The molecule has 3 aliphatic rings. The number of likely N-dealkylation sites (tertiary alicyclic amines) is 1. The molecule has 0 unspecified atom stereocenters. The fourth-order valence-corrected chi connectivity index (χ4v) is 6.52. The highest BCUT2D eigenvalue weighted by molar-refractivity contribution is 7.14. The van der Waals surface area contributed by atoms with Crippen LogP contribution in [0, 0.1) is 5.41 Å². The van der Waals surface area contributed by atoms with Crippen molar-refractivity contribution >= 4 is 34.1 Å². The summed E-state index contributed by atoms with van der Waals surface area (Å²) in [6, 6.07) is 5.84. The molecule has 4 heterocycles. The summed E-state index contributed by atoms with van der Waals surface area (Å²) < 4.78 is 11.1. The number of ketones is 1. The summed E-state index contributed by atoms with van der Waals surface area (Å²) in [4.78, 5) is 50.7. The van der Waals surface area contributed by atoms with Crippen LogP contribution >= 0.6 is 11.3 Å². The Balaban J connectivity index is 1.28. The Bertz CT molecular complexity index is 1230. The van der Waals surface area contributed by atoms with Crippen LogP contribution in [0.15, 0.2) is 29.6 Å². The smallest absolute Gasteiger partial charge is 0.251 e. The summed E-state index contributed by atoms with van der Waals surface area (Å²) in [7, 11) is 3.69. The number of thiazole rings is 1. The van der Waals surface area contributed by atoms with Crippen LogP contribution in [0.2, 0.25) is 0 Å². The van der Waals surface area contributed by atoms with E-state index in [1.54, 1.807) is 30.6 Å². The third kappa shape index (κ3) is 6.07. The lowest BCUT2D eigenvalue weighted by Crippen LogP contribution is -2.53. The lowest BCUT2D eigenvalue weighted by molar-refractivity contribution is -0.138. The van der Waals surface area contributed by atoms with Gasteiger partial charge >= 0.3 is 0 Å². The van der Waals surface area contributed by atoms with Gasteiger partial charge in [-0.2, -0.15) is 0 Å². The number of piperazine rings is 1. The second kappa shape index (κ2) is 11.6. The van der Waals surface area contributed by atoms with Gasteiger partial charge in [0.05, 0.1) is 12.2 Å². The summed E-state index contributed by atoms with van der Waals surface area (Å²) in [5.74, 6) is -0.752. The number of ether oxygens (including phenoxy) is 2. The average Bonchev–Trinajstić information content (AvgIpc) is 3.65. The van der Waals surface area contributed by atoms with E-state index in [2.05, 4.69) is 22.2 Å². The number of fused-ring (bicyclic) bond motifs is 1. The topological polar surface area (TPSA) is 104 Å². The minimum atomic E-state index is -0.790. The average molecular weight is 570 g/mol. The van der Waals surface area contributed by atoms with Gasteiger partial charge in [-0.05, 0) is 31.0 Å². The normalized spacial score (nSPS) is 24.3. The first-order valence-corrected chi connectivity index (χ1v) is 14.7. The number of hydrogen-bond acceptors (Lipinski definition) is 9. The lowest BCUT2D eigenvalue weighted by atomic mass is 9.87. The Kier molecular flexibility index (Phi) is 8.28. The predicted molar refractivity (Wildman–Crippen MR) is 154 cm³/mol. The molecule has 5 rings (SSSR count). The Hall–Kier alpha value is -2.86. The first-order valence-electron chi connectivity index (χ1n) is 13.8. The van der Waals surface area contributed by atoms with E-state index < -0.39 is 18.2 Å². The van der Waals surface area contributed by atoms with Gasteiger partial charge < -0.3 is 29.5 Å². The van der Waals surface area contributed by atoms with Crippen LogP contribution in [0.5, 0.6) is 0 Å². The Morgan fingerprint density at radius 3 is 2.52 bits per heavy atom. The lowest BCUT2D eigenvalue weighted by Gasteiger charge is -2.32. The molecule has 11 heteroatoms. The van der Waals surface area contributed by atoms with Crippen molar-refractivity contribution in [2.75, 3.05) is 58.4 Å². The summed E-state index contributed by atoms with van der Waals surface area (Å²) in [6.45, 7) is 10.3. The van der Waals surface area contributed by atoms with Gasteiger partial charge in [-0.1, -0.05) is 32.9 Å². The van der Waals surface area contributed by atoms with Gasteiger partial charge in [-0.15, -0.1) is 11.3 Å². The minimum Gasteiger partial charge on any atom is -0.377 e. The van der Waals surface area contributed by atoms with E-state index in [4.69, 9.17) is 14.5 Å².